The highest BCUT2D eigenvalue weighted by Crippen LogP contribution is 2.49. The van der Waals surface area contributed by atoms with Gasteiger partial charge in [0.15, 0.2) is 0 Å². The van der Waals surface area contributed by atoms with Crippen LogP contribution in [-0.4, -0.2) is 20.5 Å². The third kappa shape index (κ3) is 2.42. The minimum Gasteiger partial charge on any atom is -0.481 e. The largest absolute Gasteiger partial charge is 0.481 e. The number of hydrogen-bond acceptors (Lipinski definition) is 2. The van der Waals surface area contributed by atoms with Crippen LogP contribution in [0.3, 0.4) is 0 Å². The molecule has 1 saturated carbocycles. The SMILES string of the molecule is Cc1c(F)cccc1[C@]1(C(=O)O)CCC(c2ccn3ccnc3c2)C1. The first-order chi connectivity index (χ1) is 12.0. The normalized spacial score (nSPS) is 23.2. The summed E-state index contributed by atoms with van der Waals surface area (Å²) in [4.78, 5) is 16.5. The van der Waals surface area contributed by atoms with E-state index < -0.39 is 11.4 Å². The molecule has 0 amide bonds. The van der Waals surface area contributed by atoms with Crippen molar-refractivity contribution in [3.8, 4) is 0 Å². The highest BCUT2D eigenvalue weighted by molar-refractivity contribution is 5.82. The van der Waals surface area contributed by atoms with Crippen LogP contribution in [0.2, 0.25) is 0 Å². The molecule has 0 bridgehead atoms. The summed E-state index contributed by atoms with van der Waals surface area (Å²) in [5.74, 6) is -1.09. The lowest BCUT2D eigenvalue weighted by atomic mass is 9.75. The number of imidazole rings is 1. The molecule has 4 rings (SSSR count). The van der Waals surface area contributed by atoms with Crippen molar-refractivity contribution < 1.29 is 14.3 Å². The monoisotopic (exact) mass is 338 g/mol. The molecule has 1 unspecified atom stereocenters. The Morgan fingerprint density at radius 1 is 1.36 bits per heavy atom. The standard InChI is InChI=1S/C20H19FN2O2/c1-13-16(3-2-4-17(13)21)20(19(24)25)7-5-15(12-20)14-6-9-23-10-8-22-18(23)11-14/h2-4,6,8-11,15H,5,7,12H2,1H3,(H,24,25)/t15?,20-/m0/s1. The number of fused-ring (bicyclic) bond motifs is 1. The van der Waals surface area contributed by atoms with Gasteiger partial charge in [-0.25, -0.2) is 9.37 Å². The first-order valence-corrected chi connectivity index (χ1v) is 8.43. The van der Waals surface area contributed by atoms with Gasteiger partial charge in [0.05, 0.1) is 5.41 Å². The Morgan fingerprint density at radius 2 is 2.20 bits per heavy atom. The lowest BCUT2D eigenvalue weighted by Crippen LogP contribution is -2.34. The lowest BCUT2D eigenvalue weighted by molar-refractivity contribution is -0.143. The summed E-state index contributed by atoms with van der Waals surface area (Å²) in [6, 6.07) is 8.78. The Kier molecular flexibility index (Phi) is 3.60. The molecule has 2 aromatic heterocycles. The van der Waals surface area contributed by atoms with Crippen LogP contribution in [0.15, 0.2) is 48.9 Å². The molecule has 0 spiro atoms. The molecule has 0 saturated heterocycles. The number of carboxylic acid groups (broad SMARTS) is 1. The molecule has 1 fully saturated rings. The predicted molar refractivity (Wildman–Crippen MR) is 92.2 cm³/mol. The minimum atomic E-state index is -1.03. The molecular formula is C20H19FN2O2. The Bertz CT molecular complexity index is 965. The van der Waals surface area contributed by atoms with E-state index >= 15 is 0 Å². The summed E-state index contributed by atoms with van der Waals surface area (Å²) in [6.45, 7) is 1.67. The molecule has 5 heteroatoms. The molecule has 1 aliphatic carbocycles. The van der Waals surface area contributed by atoms with Gasteiger partial charge in [-0.15, -0.1) is 0 Å². The molecule has 0 radical (unpaired) electrons. The fraction of sp³-hybridized carbons (Fsp3) is 0.300. The average Bonchev–Trinajstić information content (AvgIpc) is 3.24. The van der Waals surface area contributed by atoms with E-state index in [9.17, 15) is 14.3 Å². The Morgan fingerprint density at radius 3 is 3.00 bits per heavy atom. The highest BCUT2D eigenvalue weighted by Gasteiger charge is 2.48. The minimum absolute atomic E-state index is 0.125. The number of halogens is 1. The molecule has 4 nitrogen and oxygen atoms in total. The van der Waals surface area contributed by atoms with Crippen molar-refractivity contribution in [1.29, 1.82) is 0 Å². The molecule has 0 aliphatic heterocycles. The topological polar surface area (TPSA) is 54.6 Å². The average molecular weight is 338 g/mol. The van der Waals surface area contributed by atoms with Crippen molar-refractivity contribution in [2.45, 2.75) is 37.5 Å². The van der Waals surface area contributed by atoms with Gasteiger partial charge in [0.1, 0.15) is 11.5 Å². The number of aliphatic carboxylic acids is 1. The summed E-state index contributed by atoms with van der Waals surface area (Å²) < 4.78 is 16.0. The number of nitrogens with zero attached hydrogens (tertiary/aromatic N) is 2. The fourth-order valence-corrected chi connectivity index (χ4v) is 4.19. The first kappa shape index (κ1) is 15.8. The zero-order valence-corrected chi connectivity index (χ0v) is 13.9. The van der Waals surface area contributed by atoms with Crippen molar-refractivity contribution in [1.82, 2.24) is 9.38 Å². The lowest BCUT2D eigenvalue weighted by Gasteiger charge is -2.27. The van der Waals surface area contributed by atoms with Gasteiger partial charge in [0.25, 0.3) is 0 Å². The van der Waals surface area contributed by atoms with Gasteiger partial charge in [0.2, 0.25) is 0 Å². The van der Waals surface area contributed by atoms with Crippen molar-refractivity contribution >= 4 is 11.6 Å². The second-order valence-electron chi connectivity index (χ2n) is 6.89. The molecule has 1 aromatic carbocycles. The Labute approximate surface area is 144 Å². The molecule has 1 N–H and O–H groups in total. The van der Waals surface area contributed by atoms with Crippen LogP contribution < -0.4 is 0 Å². The van der Waals surface area contributed by atoms with Crippen molar-refractivity contribution in [2.75, 3.05) is 0 Å². The maximum atomic E-state index is 14.0. The zero-order valence-electron chi connectivity index (χ0n) is 13.9. The molecule has 2 atom stereocenters. The number of rotatable bonds is 3. The third-order valence-electron chi connectivity index (χ3n) is 5.60. The highest BCUT2D eigenvalue weighted by atomic mass is 19.1. The van der Waals surface area contributed by atoms with Crippen LogP contribution in [0.25, 0.3) is 5.65 Å². The van der Waals surface area contributed by atoms with Gasteiger partial charge < -0.3 is 9.51 Å². The number of carbonyl (C=O) groups is 1. The van der Waals surface area contributed by atoms with Crippen LogP contribution >= 0.6 is 0 Å². The maximum Gasteiger partial charge on any atom is 0.314 e. The quantitative estimate of drug-likeness (QED) is 0.783. The van der Waals surface area contributed by atoms with E-state index in [0.717, 1.165) is 17.6 Å². The summed E-state index contributed by atoms with van der Waals surface area (Å²) in [6.07, 6.45) is 7.32. The molecule has 3 aromatic rings. The van der Waals surface area contributed by atoms with Gasteiger partial charge in [-0.2, -0.15) is 0 Å². The Hall–Kier alpha value is -2.69. The predicted octanol–water partition coefficient (Wildman–Crippen LogP) is 4.07. The smallest absolute Gasteiger partial charge is 0.314 e. The fourth-order valence-electron chi connectivity index (χ4n) is 4.19. The van der Waals surface area contributed by atoms with Gasteiger partial charge >= 0.3 is 5.97 Å². The van der Waals surface area contributed by atoms with E-state index in [0.29, 0.717) is 24.0 Å². The summed E-state index contributed by atoms with van der Waals surface area (Å²) in [5.41, 5.74) is 1.96. The number of benzene rings is 1. The molecular weight excluding hydrogens is 319 g/mol. The number of hydrogen-bond donors (Lipinski definition) is 1. The van der Waals surface area contributed by atoms with Crippen LogP contribution in [-0.2, 0) is 10.2 Å². The summed E-state index contributed by atoms with van der Waals surface area (Å²) in [5, 5.41) is 10.00. The van der Waals surface area contributed by atoms with Crippen LogP contribution in [0.4, 0.5) is 4.39 Å². The second kappa shape index (κ2) is 5.69. The van der Waals surface area contributed by atoms with E-state index in [2.05, 4.69) is 4.98 Å². The summed E-state index contributed by atoms with van der Waals surface area (Å²) >= 11 is 0. The van der Waals surface area contributed by atoms with Crippen molar-refractivity contribution in [2.24, 2.45) is 0 Å². The number of carboxylic acids is 1. The van der Waals surface area contributed by atoms with E-state index in [1.807, 2.05) is 28.9 Å². The maximum absolute atomic E-state index is 14.0. The molecule has 128 valence electrons. The van der Waals surface area contributed by atoms with Gasteiger partial charge in [-0.3, -0.25) is 4.79 Å². The van der Waals surface area contributed by atoms with E-state index in [-0.39, 0.29) is 11.7 Å². The third-order valence-corrected chi connectivity index (χ3v) is 5.60. The van der Waals surface area contributed by atoms with E-state index in [4.69, 9.17) is 0 Å². The second-order valence-corrected chi connectivity index (χ2v) is 6.89. The van der Waals surface area contributed by atoms with E-state index in [1.165, 1.54) is 6.07 Å². The van der Waals surface area contributed by atoms with Crippen molar-refractivity contribution in [3.63, 3.8) is 0 Å². The molecule has 1 aliphatic rings. The van der Waals surface area contributed by atoms with Gasteiger partial charge in [-0.1, -0.05) is 12.1 Å². The van der Waals surface area contributed by atoms with Crippen LogP contribution in [0, 0.1) is 12.7 Å². The first-order valence-electron chi connectivity index (χ1n) is 8.43. The molecule has 25 heavy (non-hydrogen) atoms. The van der Waals surface area contributed by atoms with Crippen LogP contribution in [0.1, 0.15) is 41.9 Å². The summed E-state index contributed by atoms with van der Waals surface area (Å²) in [7, 11) is 0. The number of pyridine rings is 1. The van der Waals surface area contributed by atoms with Crippen LogP contribution in [0.5, 0.6) is 0 Å². The zero-order chi connectivity index (χ0) is 17.6. The van der Waals surface area contributed by atoms with Crippen molar-refractivity contribution in [3.05, 3.63) is 71.4 Å². The number of aromatic nitrogens is 2. The van der Waals surface area contributed by atoms with Gasteiger partial charge in [0, 0.05) is 18.6 Å². The van der Waals surface area contributed by atoms with Gasteiger partial charge in [-0.05, 0) is 67.0 Å². The van der Waals surface area contributed by atoms with E-state index in [1.54, 1.807) is 25.3 Å². The Balaban J connectivity index is 1.74. The molecule has 2 heterocycles.